The molecule has 0 bridgehead atoms. The Morgan fingerprint density at radius 2 is 1.55 bits per heavy atom. The van der Waals surface area contributed by atoms with Gasteiger partial charge >= 0.3 is 5.69 Å². The topological polar surface area (TPSA) is 122 Å². The first-order valence-electron chi connectivity index (χ1n) is 15.3. The number of fused-ring (bicyclic) bond motifs is 1. The second-order valence-corrected chi connectivity index (χ2v) is 14.1. The van der Waals surface area contributed by atoms with Crippen molar-refractivity contribution in [3.05, 3.63) is 99.0 Å². The van der Waals surface area contributed by atoms with Gasteiger partial charge in [0, 0.05) is 38.1 Å². The number of hydrogen-bond donors (Lipinski definition) is 1. The summed E-state index contributed by atoms with van der Waals surface area (Å²) >= 11 is 0. The minimum Gasteiger partial charge on any atom is -0.507 e. The zero-order chi connectivity index (χ0) is 37.3. The number of rotatable bonds is 6. The van der Waals surface area contributed by atoms with E-state index in [2.05, 4.69) is 15.0 Å². The molecule has 268 valence electrons. The number of anilines is 1. The predicted octanol–water partition coefficient (Wildman–Crippen LogP) is 5.85. The van der Waals surface area contributed by atoms with Gasteiger partial charge in [-0.05, 0) is 49.1 Å². The van der Waals surface area contributed by atoms with Crippen molar-refractivity contribution in [3.8, 4) is 22.7 Å². The Morgan fingerprint density at radius 3 is 2.16 bits per heavy atom. The van der Waals surface area contributed by atoms with Crippen LogP contribution in [0.4, 0.5) is 36.6 Å². The minimum atomic E-state index is -5.30. The summed E-state index contributed by atoms with van der Waals surface area (Å²) in [5, 5.41) is 10.4. The molecule has 4 heterocycles. The highest BCUT2D eigenvalue weighted by Crippen LogP contribution is 2.38. The molecule has 0 spiro atoms. The summed E-state index contributed by atoms with van der Waals surface area (Å²) in [4.78, 5) is 26.2. The SMILES string of the molecule is Cc1cncc(C(C)C)c1-n1c(=O)nc(N2CCN(S(=O)(=O)c3c(F)c(F)c(F)c(F)c3F)C[C@@H]2C)c2cc(F)c(-c3c(O)cccc3F)nc21. The number of hydrogen-bond acceptors (Lipinski definition) is 8. The van der Waals surface area contributed by atoms with Crippen molar-refractivity contribution in [2.45, 2.75) is 44.6 Å². The molecule has 2 aromatic carbocycles. The highest BCUT2D eigenvalue weighted by atomic mass is 32.2. The number of phenolic OH excluding ortho intramolecular Hbond substituents is 1. The number of benzene rings is 2. The van der Waals surface area contributed by atoms with E-state index in [4.69, 9.17) is 0 Å². The lowest BCUT2D eigenvalue weighted by atomic mass is 10.0. The van der Waals surface area contributed by atoms with Crippen LogP contribution in [0.2, 0.25) is 0 Å². The molecule has 1 atom stereocenters. The van der Waals surface area contributed by atoms with Gasteiger partial charge in [0.15, 0.2) is 39.6 Å². The van der Waals surface area contributed by atoms with E-state index < -0.39 is 97.5 Å². The van der Waals surface area contributed by atoms with E-state index in [-0.39, 0.29) is 29.3 Å². The highest BCUT2D eigenvalue weighted by molar-refractivity contribution is 7.89. The van der Waals surface area contributed by atoms with Gasteiger partial charge in [-0.2, -0.15) is 9.29 Å². The van der Waals surface area contributed by atoms with Gasteiger partial charge in [0.05, 0.1) is 16.6 Å². The van der Waals surface area contributed by atoms with Crippen LogP contribution in [-0.4, -0.2) is 63.0 Å². The summed E-state index contributed by atoms with van der Waals surface area (Å²) in [6.45, 7) is 5.24. The summed E-state index contributed by atoms with van der Waals surface area (Å²) in [6, 6.07) is 3.25. The second kappa shape index (κ2) is 12.9. The molecule has 1 aliphatic rings. The third kappa shape index (κ3) is 5.75. The van der Waals surface area contributed by atoms with E-state index in [9.17, 15) is 40.3 Å². The number of piperazine rings is 1. The first kappa shape index (κ1) is 35.7. The van der Waals surface area contributed by atoms with E-state index in [1.165, 1.54) is 30.3 Å². The first-order valence-corrected chi connectivity index (χ1v) is 16.8. The number of pyridine rings is 2. The number of sulfonamides is 1. The van der Waals surface area contributed by atoms with Crippen molar-refractivity contribution in [3.63, 3.8) is 0 Å². The zero-order valence-electron chi connectivity index (χ0n) is 27.1. The van der Waals surface area contributed by atoms with Crippen LogP contribution in [0.3, 0.4) is 0 Å². The molecule has 18 heteroatoms. The summed E-state index contributed by atoms with van der Waals surface area (Å²) < 4.78 is 130. The van der Waals surface area contributed by atoms with Crippen molar-refractivity contribution < 1.29 is 44.3 Å². The minimum absolute atomic E-state index is 0.0967. The van der Waals surface area contributed by atoms with Crippen LogP contribution in [0.1, 0.15) is 37.8 Å². The molecule has 0 radical (unpaired) electrons. The summed E-state index contributed by atoms with van der Waals surface area (Å²) in [5.41, 5.74) is -0.971. The first-order chi connectivity index (χ1) is 24.0. The van der Waals surface area contributed by atoms with Crippen molar-refractivity contribution in [2.75, 3.05) is 24.5 Å². The van der Waals surface area contributed by atoms with Crippen LogP contribution in [0.5, 0.6) is 5.75 Å². The fourth-order valence-corrected chi connectivity index (χ4v) is 7.78. The Kier molecular flexibility index (Phi) is 9.03. The standard InChI is InChI=1S/C33H27F7N6O4S/c1-14(2)18-12-41-11-15(3)29(18)46-32-17(10-20(35)28(42-32)22-19(34)6-5-7-21(22)47)31(43-33(46)48)45-9-8-44(13-16(45)4)51(49,50)30-26(39)24(37)23(36)25(38)27(30)40/h5-7,10-12,14,16,47H,8-9,13H2,1-4H3/t16-/m0/s1. The molecule has 5 aromatic rings. The number of aryl methyl sites for hydroxylation is 1. The van der Waals surface area contributed by atoms with Crippen molar-refractivity contribution in [1.82, 2.24) is 23.8 Å². The molecule has 0 saturated carbocycles. The second-order valence-electron chi connectivity index (χ2n) is 12.2. The molecule has 0 amide bonds. The number of aromatic hydroxyl groups is 1. The molecule has 0 unspecified atom stereocenters. The van der Waals surface area contributed by atoms with Gasteiger partial charge in [0.2, 0.25) is 15.8 Å². The van der Waals surface area contributed by atoms with Crippen LogP contribution in [0, 0.1) is 47.6 Å². The highest BCUT2D eigenvalue weighted by Gasteiger charge is 2.40. The van der Waals surface area contributed by atoms with Crippen LogP contribution in [0.15, 0.2) is 46.3 Å². The van der Waals surface area contributed by atoms with Gasteiger partial charge in [0.1, 0.15) is 23.1 Å². The number of phenols is 1. The third-order valence-corrected chi connectivity index (χ3v) is 10.5. The van der Waals surface area contributed by atoms with Gasteiger partial charge in [-0.1, -0.05) is 19.9 Å². The molecule has 6 rings (SSSR count). The van der Waals surface area contributed by atoms with Gasteiger partial charge in [0.25, 0.3) is 0 Å². The molecule has 0 aliphatic carbocycles. The lowest BCUT2D eigenvalue weighted by molar-refractivity contribution is 0.326. The summed E-state index contributed by atoms with van der Waals surface area (Å²) in [6.07, 6.45) is 3.01. The quantitative estimate of drug-likeness (QED) is 0.131. The number of nitrogens with zero attached hydrogens (tertiary/aromatic N) is 6. The molecule has 1 aliphatic heterocycles. The maximum atomic E-state index is 16.0. The third-order valence-electron chi connectivity index (χ3n) is 8.63. The largest absolute Gasteiger partial charge is 0.507 e. The predicted molar refractivity (Wildman–Crippen MR) is 171 cm³/mol. The molecule has 3 aromatic heterocycles. The molecule has 1 N–H and O–H groups in total. The fourth-order valence-electron chi connectivity index (χ4n) is 6.15. The van der Waals surface area contributed by atoms with Gasteiger partial charge in [-0.15, -0.1) is 0 Å². The van der Waals surface area contributed by atoms with E-state index in [1.807, 2.05) is 13.8 Å². The number of halogens is 7. The van der Waals surface area contributed by atoms with Crippen LogP contribution in [-0.2, 0) is 10.0 Å². The van der Waals surface area contributed by atoms with Gasteiger partial charge in [-0.25, -0.2) is 53.5 Å². The lowest BCUT2D eigenvalue weighted by Gasteiger charge is -2.40. The molecular weight excluding hydrogens is 709 g/mol. The average Bonchev–Trinajstić information content (AvgIpc) is 3.06. The van der Waals surface area contributed by atoms with E-state index in [1.54, 1.807) is 6.92 Å². The summed E-state index contributed by atoms with van der Waals surface area (Å²) in [5.74, 6) is -15.6. The van der Waals surface area contributed by atoms with E-state index in [0.29, 0.717) is 21.1 Å². The molecule has 1 saturated heterocycles. The maximum Gasteiger partial charge on any atom is 0.355 e. The lowest BCUT2D eigenvalue weighted by Crippen LogP contribution is -2.54. The Morgan fingerprint density at radius 1 is 0.902 bits per heavy atom. The van der Waals surface area contributed by atoms with Gasteiger partial charge < -0.3 is 10.0 Å². The van der Waals surface area contributed by atoms with Gasteiger partial charge in [-0.3, -0.25) is 4.98 Å². The normalized spacial score (nSPS) is 15.7. The van der Waals surface area contributed by atoms with Crippen LogP contribution < -0.4 is 10.6 Å². The Bertz CT molecular complexity index is 2380. The van der Waals surface area contributed by atoms with E-state index in [0.717, 1.165) is 22.8 Å². The monoisotopic (exact) mass is 736 g/mol. The molecule has 51 heavy (non-hydrogen) atoms. The van der Waals surface area contributed by atoms with Crippen LogP contribution in [0.25, 0.3) is 28.0 Å². The zero-order valence-corrected chi connectivity index (χ0v) is 28.0. The Labute approximate surface area is 285 Å². The Hall–Kier alpha value is -5.10. The Balaban J connectivity index is 1.53. The summed E-state index contributed by atoms with van der Waals surface area (Å²) in [7, 11) is -5.30. The maximum absolute atomic E-state index is 16.0. The smallest absolute Gasteiger partial charge is 0.355 e. The van der Waals surface area contributed by atoms with E-state index >= 15 is 8.78 Å². The molecule has 1 fully saturated rings. The fraction of sp³-hybridized carbons (Fsp3) is 0.273. The molecular formula is C33H27F7N6O4S. The number of aromatic nitrogens is 4. The van der Waals surface area contributed by atoms with Crippen molar-refractivity contribution in [2.24, 2.45) is 0 Å². The van der Waals surface area contributed by atoms with Crippen LogP contribution >= 0.6 is 0 Å². The average molecular weight is 737 g/mol. The van der Waals surface area contributed by atoms with Crippen molar-refractivity contribution in [1.29, 1.82) is 0 Å². The molecule has 10 nitrogen and oxygen atoms in total. The van der Waals surface area contributed by atoms with Crippen molar-refractivity contribution >= 4 is 26.9 Å².